The van der Waals surface area contributed by atoms with Crippen LogP contribution >= 0.6 is 0 Å². The molecule has 1 N–H and O–H groups in total. The molecule has 3 rings (SSSR count). The Morgan fingerprint density at radius 2 is 1.96 bits per heavy atom. The fraction of sp³-hybridized carbons (Fsp3) is 0.105. The van der Waals surface area contributed by atoms with Gasteiger partial charge in [-0.05, 0) is 49.4 Å². The molecular weight excluding hydrogens is 337 g/mol. The number of rotatable bonds is 5. The third kappa shape index (κ3) is 3.94. The van der Waals surface area contributed by atoms with Gasteiger partial charge in [-0.3, -0.25) is 4.79 Å². The van der Waals surface area contributed by atoms with E-state index in [0.717, 1.165) is 0 Å². The van der Waals surface area contributed by atoms with Crippen LogP contribution in [-0.2, 0) is 4.74 Å². The topological polar surface area (TPSA) is 73.2 Å². The van der Waals surface area contributed by atoms with Crippen molar-refractivity contribution in [2.45, 2.75) is 6.92 Å². The number of nitrogens with one attached hydrogen (secondary N) is 1. The van der Waals surface area contributed by atoms with E-state index in [1.165, 1.54) is 28.9 Å². The molecule has 0 aliphatic carbocycles. The van der Waals surface area contributed by atoms with Crippen molar-refractivity contribution in [3.63, 3.8) is 0 Å². The molecule has 2 aromatic carbocycles. The van der Waals surface area contributed by atoms with E-state index in [-0.39, 0.29) is 18.1 Å². The fourth-order valence-electron chi connectivity index (χ4n) is 2.34. The van der Waals surface area contributed by atoms with Crippen LogP contribution < -0.4 is 5.32 Å². The summed E-state index contributed by atoms with van der Waals surface area (Å²) in [5, 5.41) is 6.83. The fourth-order valence-corrected chi connectivity index (χ4v) is 2.34. The number of nitrogens with zero attached hydrogens (tertiary/aromatic N) is 2. The molecule has 0 saturated heterocycles. The van der Waals surface area contributed by atoms with Gasteiger partial charge < -0.3 is 10.1 Å². The van der Waals surface area contributed by atoms with Crippen LogP contribution in [0.4, 0.5) is 10.1 Å². The summed E-state index contributed by atoms with van der Waals surface area (Å²) in [7, 11) is 0. The van der Waals surface area contributed by atoms with E-state index < -0.39 is 11.9 Å². The molecule has 0 saturated carbocycles. The largest absolute Gasteiger partial charge is 0.462 e. The predicted octanol–water partition coefficient (Wildman–Crippen LogP) is 3.44. The van der Waals surface area contributed by atoms with Gasteiger partial charge in [0.05, 0.1) is 17.9 Å². The Balaban J connectivity index is 1.75. The molecule has 0 aliphatic rings. The lowest BCUT2D eigenvalue weighted by Crippen LogP contribution is -2.14. The average Bonchev–Trinajstić information content (AvgIpc) is 3.12. The van der Waals surface area contributed by atoms with Gasteiger partial charge in [0.1, 0.15) is 5.82 Å². The van der Waals surface area contributed by atoms with Crippen LogP contribution in [0.2, 0.25) is 0 Å². The summed E-state index contributed by atoms with van der Waals surface area (Å²) in [5.74, 6) is -1.29. The van der Waals surface area contributed by atoms with Gasteiger partial charge in [0.2, 0.25) is 0 Å². The van der Waals surface area contributed by atoms with Crippen LogP contribution in [-0.4, -0.2) is 28.3 Å². The van der Waals surface area contributed by atoms with Gasteiger partial charge >= 0.3 is 5.97 Å². The van der Waals surface area contributed by atoms with Crippen LogP contribution in [0.5, 0.6) is 0 Å². The van der Waals surface area contributed by atoms with Gasteiger partial charge in [0.25, 0.3) is 5.91 Å². The highest BCUT2D eigenvalue weighted by Crippen LogP contribution is 2.14. The Bertz CT molecular complexity index is 952. The van der Waals surface area contributed by atoms with Crippen LogP contribution in [0, 0.1) is 5.82 Å². The Hall–Kier alpha value is -3.48. The molecule has 0 aliphatic heterocycles. The Morgan fingerprint density at radius 1 is 1.15 bits per heavy atom. The molecular formula is C19H16FN3O3. The summed E-state index contributed by atoms with van der Waals surface area (Å²) in [6, 6.07) is 13.8. The number of benzene rings is 2. The summed E-state index contributed by atoms with van der Waals surface area (Å²) < 4.78 is 19.7. The van der Waals surface area contributed by atoms with Crippen LogP contribution in [0.1, 0.15) is 27.8 Å². The van der Waals surface area contributed by atoms with Crippen LogP contribution in [0.15, 0.2) is 60.8 Å². The minimum atomic E-state index is -0.459. The highest BCUT2D eigenvalue weighted by atomic mass is 19.1. The van der Waals surface area contributed by atoms with Crippen molar-refractivity contribution in [3.8, 4) is 5.69 Å². The third-order valence-corrected chi connectivity index (χ3v) is 3.53. The quantitative estimate of drug-likeness (QED) is 0.713. The smallest absolute Gasteiger partial charge is 0.338 e. The molecule has 0 bridgehead atoms. The number of esters is 1. The lowest BCUT2D eigenvalue weighted by Gasteiger charge is -2.06. The molecule has 1 heterocycles. The second-order valence-corrected chi connectivity index (χ2v) is 5.38. The first kappa shape index (κ1) is 17.3. The second-order valence-electron chi connectivity index (χ2n) is 5.38. The Labute approximate surface area is 149 Å². The number of halogens is 1. The molecule has 132 valence electrons. The highest BCUT2D eigenvalue weighted by molar-refractivity contribution is 6.03. The van der Waals surface area contributed by atoms with Crippen LogP contribution in [0.25, 0.3) is 5.69 Å². The first-order valence-corrected chi connectivity index (χ1v) is 7.97. The second kappa shape index (κ2) is 7.60. The van der Waals surface area contributed by atoms with Gasteiger partial charge in [-0.2, -0.15) is 5.10 Å². The van der Waals surface area contributed by atoms with Gasteiger partial charge in [0, 0.05) is 11.9 Å². The first-order chi connectivity index (χ1) is 12.6. The maximum atomic E-state index is 13.3. The molecule has 0 spiro atoms. The van der Waals surface area contributed by atoms with E-state index in [1.54, 1.807) is 43.5 Å². The molecule has 1 amide bonds. The summed E-state index contributed by atoms with van der Waals surface area (Å²) in [4.78, 5) is 24.1. The molecule has 3 aromatic rings. The molecule has 0 fully saturated rings. The van der Waals surface area contributed by atoms with Gasteiger partial charge in [0.15, 0.2) is 5.69 Å². The summed E-state index contributed by atoms with van der Waals surface area (Å²) in [6.07, 6.45) is 1.57. The van der Waals surface area contributed by atoms with Crippen molar-refractivity contribution >= 4 is 17.6 Å². The number of hydrogen-bond donors (Lipinski definition) is 1. The number of hydrogen-bond acceptors (Lipinski definition) is 4. The molecule has 0 radical (unpaired) electrons. The number of ether oxygens (including phenoxy) is 1. The minimum absolute atomic E-state index is 0.163. The standard InChI is InChI=1S/C19H16FN3O3/c1-2-26-19(25)13-5-3-7-15(11-13)21-18(24)17-9-10-23(22-17)16-8-4-6-14(20)12-16/h3-12H,2H2,1H3,(H,21,24). The number of carbonyl (C=O) groups excluding carboxylic acids is 2. The molecule has 0 atom stereocenters. The average molecular weight is 353 g/mol. The normalized spacial score (nSPS) is 10.4. The molecule has 26 heavy (non-hydrogen) atoms. The van der Waals surface area contributed by atoms with Crippen molar-refractivity contribution in [2.24, 2.45) is 0 Å². The van der Waals surface area contributed by atoms with E-state index in [9.17, 15) is 14.0 Å². The molecule has 0 unspecified atom stereocenters. The lowest BCUT2D eigenvalue weighted by atomic mass is 10.2. The molecule has 1 aromatic heterocycles. The van der Waals surface area contributed by atoms with Crippen LogP contribution in [0.3, 0.4) is 0 Å². The zero-order valence-corrected chi connectivity index (χ0v) is 14.0. The number of carbonyl (C=O) groups is 2. The maximum Gasteiger partial charge on any atom is 0.338 e. The van der Waals surface area contributed by atoms with Gasteiger partial charge in [-0.1, -0.05) is 12.1 Å². The van der Waals surface area contributed by atoms with Crippen molar-refractivity contribution in [2.75, 3.05) is 11.9 Å². The van der Waals surface area contributed by atoms with E-state index in [2.05, 4.69) is 10.4 Å². The summed E-state index contributed by atoms with van der Waals surface area (Å²) in [5.41, 5.74) is 1.46. The number of anilines is 1. The third-order valence-electron chi connectivity index (χ3n) is 3.53. The first-order valence-electron chi connectivity index (χ1n) is 7.97. The van der Waals surface area contributed by atoms with Crippen molar-refractivity contribution < 1.29 is 18.7 Å². The lowest BCUT2D eigenvalue weighted by molar-refractivity contribution is 0.0526. The molecule has 7 heteroatoms. The predicted molar refractivity (Wildman–Crippen MR) is 93.9 cm³/mol. The van der Waals surface area contributed by atoms with E-state index in [1.807, 2.05) is 0 Å². The van der Waals surface area contributed by atoms with E-state index in [4.69, 9.17) is 4.74 Å². The Kier molecular flexibility index (Phi) is 5.07. The zero-order chi connectivity index (χ0) is 18.5. The minimum Gasteiger partial charge on any atom is -0.462 e. The SMILES string of the molecule is CCOC(=O)c1cccc(NC(=O)c2ccn(-c3cccc(F)c3)n2)c1. The number of aromatic nitrogens is 2. The van der Waals surface area contributed by atoms with Gasteiger partial charge in [-0.25, -0.2) is 13.9 Å². The van der Waals surface area contributed by atoms with Crippen molar-refractivity contribution in [3.05, 3.63) is 77.9 Å². The highest BCUT2D eigenvalue weighted by Gasteiger charge is 2.13. The number of amides is 1. The monoisotopic (exact) mass is 353 g/mol. The summed E-state index contributed by atoms with van der Waals surface area (Å²) in [6.45, 7) is 1.99. The maximum absolute atomic E-state index is 13.3. The summed E-state index contributed by atoms with van der Waals surface area (Å²) >= 11 is 0. The molecule has 6 nitrogen and oxygen atoms in total. The van der Waals surface area contributed by atoms with Crippen molar-refractivity contribution in [1.82, 2.24) is 9.78 Å². The van der Waals surface area contributed by atoms with Crippen molar-refractivity contribution in [1.29, 1.82) is 0 Å². The van der Waals surface area contributed by atoms with E-state index >= 15 is 0 Å². The Morgan fingerprint density at radius 3 is 2.73 bits per heavy atom. The van der Waals surface area contributed by atoms with E-state index in [0.29, 0.717) is 16.9 Å². The zero-order valence-electron chi connectivity index (χ0n) is 14.0. The van der Waals surface area contributed by atoms with Gasteiger partial charge in [-0.15, -0.1) is 0 Å².